The van der Waals surface area contributed by atoms with Gasteiger partial charge in [-0.15, -0.1) is 5.10 Å². The lowest BCUT2D eigenvalue weighted by atomic mass is 10.2. The van der Waals surface area contributed by atoms with Gasteiger partial charge in [-0.3, -0.25) is 9.69 Å². The molecule has 0 atom stereocenters. The number of anilines is 1. The zero-order valence-corrected chi connectivity index (χ0v) is 18.8. The lowest BCUT2D eigenvalue weighted by Gasteiger charge is -2.14. The summed E-state index contributed by atoms with van der Waals surface area (Å²) in [6, 6.07) is 21.2. The minimum absolute atomic E-state index is 0.114. The van der Waals surface area contributed by atoms with E-state index in [1.54, 1.807) is 38.6 Å². The van der Waals surface area contributed by atoms with Gasteiger partial charge in [-0.1, -0.05) is 12.1 Å². The highest BCUT2D eigenvalue weighted by Crippen LogP contribution is 2.36. The largest absolute Gasteiger partial charge is 0.508 e. The molecule has 0 unspecified atom stereocenters. The summed E-state index contributed by atoms with van der Waals surface area (Å²) in [7, 11) is 3.22. The van der Waals surface area contributed by atoms with Crippen molar-refractivity contribution in [1.29, 1.82) is 0 Å². The van der Waals surface area contributed by atoms with Gasteiger partial charge < -0.3 is 14.6 Å². The fourth-order valence-corrected chi connectivity index (χ4v) is 3.99. The Labute approximate surface area is 195 Å². The molecule has 33 heavy (non-hydrogen) atoms. The van der Waals surface area contributed by atoms with Crippen molar-refractivity contribution >= 4 is 40.8 Å². The van der Waals surface area contributed by atoms with Gasteiger partial charge >= 0.3 is 0 Å². The summed E-state index contributed by atoms with van der Waals surface area (Å²) in [5.41, 5.74) is 2.29. The summed E-state index contributed by atoms with van der Waals surface area (Å²) in [4.78, 5) is 15.2. The second-order valence-corrected chi connectivity index (χ2v) is 7.95. The van der Waals surface area contributed by atoms with Gasteiger partial charge in [-0.05, 0) is 89.6 Å². The van der Waals surface area contributed by atoms with Crippen LogP contribution in [0.1, 0.15) is 11.1 Å². The van der Waals surface area contributed by atoms with Crippen LogP contribution in [0.15, 0.2) is 87.9 Å². The van der Waals surface area contributed by atoms with Crippen molar-refractivity contribution < 1.29 is 19.4 Å². The number of amidine groups is 1. The van der Waals surface area contributed by atoms with Crippen molar-refractivity contribution in [3.8, 4) is 17.2 Å². The molecule has 0 radical (unpaired) electrons. The molecule has 1 heterocycles. The van der Waals surface area contributed by atoms with E-state index in [1.807, 2.05) is 48.5 Å². The van der Waals surface area contributed by atoms with Crippen LogP contribution in [0.5, 0.6) is 17.2 Å². The predicted molar refractivity (Wildman–Crippen MR) is 132 cm³/mol. The second kappa shape index (κ2) is 10.1. The Morgan fingerprint density at radius 2 is 1.42 bits per heavy atom. The van der Waals surface area contributed by atoms with Crippen molar-refractivity contribution in [2.24, 2.45) is 10.2 Å². The quantitative estimate of drug-likeness (QED) is 0.321. The fraction of sp³-hybridized carbons (Fsp3) is 0.0800. The Kier molecular flexibility index (Phi) is 6.75. The number of phenols is 1. The van der Waals surface area contributed by atoms with E-state index in [1.165, 1.54) is 28.8 Å². The van der Waals surface area contributed by atoms with E-state index in [-0.39, 0.29) is 11.7 Å². The minimum atomic E-state index is -0.222. The summed E-state index contributed by atoms with van der Waals surface area (Å²) in [5, 5.41) is 18.5. The predicted octanol–water partition coefficient (Wildman–Crippen LogP) is 4.92. The average Bonchev–Trinajstić information content (AvgIpc) is 3.15. The van der Waals surface area contributed by atoms with E-state index in [9.17, 15) is 9.90 Å². The average molecular weight is 460 g/mol. The first-order valence-corrected chi connectivity index (χ1v) is 10.8. The van der Waals surface area contributed by atoms with E-state index >= 15 is 0 Å². The molecule has 1 fully saturated rings. The van der Waals surface area contributed by atoms with Crippen LogP contribution in [0.4, 0.5) is 5.69 Å². The lowest BCUT2D eigenvalue weighted by Crippen LogP contribution is -2.28. The van der Waals surface area contributed by atoms with Gasteiger partial charge in [0.15, 0.2) is 0 Å². The molecular formula is C25H21N3O4S. The van der Waals surface area contributed by atoms with Gasteiger partial charge in [0, 0.05) is 0 Å². The third-order valence-corrected chi connectivity index (χ3v) is 5.75. The van der Waals surface area contributed by atoms with Crippen LogP contribution in [-0.2, 0) is 4.79 Å². The molecule has 166 valence electrons. The Hall–Kier alpha value is -4.04. The fourth-order valence-electron chi connectivity index (χ4n) is 3.06. The van der Waals surface area contributed by atoms with Crippen LogP contribution < -0.4 is 14.4 Å². The summed E-state index contributed by atoms with van der Waals surface area (Å²) in [6.07, 6.45) is 3.41. The molecule has 3 aromatic carbocycles. The first-order valence-electron chi connectivity index (χ1n) is 9.99. The van der Waals surface area contributed by atoms with Crippen LogP contribution in [0.25, 0.3) is 6.08 Å². The third-order valence-electron chi connectivity index (χ3n) is 4.79. The molecule has 0 aromatic heterocycles. The maximum atomic E-state index is 13.2. The van der Waals surface area contributed by atoms with E-state index < -0.39 is 0 Å². The SMILES string of the molecule is COc1ccc(/C=N\N=C2\S/C(=C\c3ccc(OC)cc3)C(=O)N2c2ccc(O)cc2)cc1. The molecule has 7 nitrogen and oxygen atoms in total. The molecule has 0 spiro atoms. The van der Waals surface area contributed by atoms with E-state index in [2.05, 4.69) is 10.2 Å². The van der Waals surface area contributed by atoms with E-state index in [4.69, 9.17) is 9.47 Å². The number of hydrogen-bond donors (Lipinski definition) is 1. The molecule has 1 saturated heterocycles. The standard InChI is InChI=1S/C25H21N3O4S/c1-31-21-11-3-17(4-12-21)15-23-24(30)28(19-7-9-20(29)10-8-19)25(33-23)27-26-16-18-5-13-22(32-2)14-6-18/h3-16,29H,1-2H3/b23-15-,26-16-,27-25+. The summed E-state index contributed by atoms with van der Waals surface area (Å²) >= 11 is 1.23. The van der Waals surface area contributed by atoms with Crippen LogP contribution >= 0.6 is 11.8 Å². The highest BCUT2D eigenvalue weighted by Gasteiger charge is 2.35. The number of ether oxygens (including phenoxy) is 2. The number of amides is 1. The Bertz CT molecular complexity index is 1220. The van der Waals surface area contributed by atoms with Crippen molar-refractivity contribution in [3.63, 3.8) is 0 Å². The van der Waals surface area contributed by atoms with E-state index in [0.717, 1.165) is 22.6 Å². The monoisotopic (exact) mass is 459 g/mol. The molecule has 1 aliphatic heterocycles. The van der Waals surface area contributed by atoms with E-state index in [0.29, 0.717) is 15.8 Å². The molecule has 8 heteroatoms. The highest BCUT2D eigenvalue weighted by molar-refractivity contribution is 8.19. The van der Waals surface area contributed by atoms with Gasteiger partial charge in [0.2, 0.25) is 5.17 Å². The number of carbonyl (C=O) groups excluding carboxylic acids is 1. The first kappa shape index (κ1) is 22.2. The molecule has 0 aliphatic carbocycles. The Balaban J connectivity index is 1.64. The molecule has 1 amide bonds. The Morgan fingerprint density at radius 3 is 2.00 bits per heavy atom. The molecule has 0 bridgehead atoms. The number of nitrogens with zero attached hydrogens (tertiary/aromatic N) is 3. The van der Waals surface area contributed by atoms with Crippen molar-refractivity contribution in [3.05, 3.63) is 88.8 Å². The maximum absolute atomic E-state index is 13.2. The van der Waals surface area contributed by atoms with Gasteiger partial charge in [-0.2, -0.15) is 5.10 Å². The molecular weight excluding hydrogens is 438 g/mol. The van der Waals surface area contributed by atoms with Crippen molar-refractivity contribution in [2.45, 2.75) is 0 Å². The summed E-state index contributed by atoms with van der Waals surface area (Å²) < 4.78 is 10.4. The number of benzene rings is 3. The number of hydrogen-bond acceptors (Lipinski definition) is 7. The molecule has 4 rings (SSSR count). The second-order valence-electron chi connectivity index (χ2n) is 6.94. The van der Waals surface area contributed by atoms with Crippen molar-refractivity contribution in [2.75, 3.05) is 19.1 Å². The molecule has 3 aromatic rings. The van der Waals surface area contributed by atoms with Gasteiger partial charge in [0.1, 0.15) is 17.2 Å². The maximum Gasteiger partial charge on any atom is 0.271 e. The number of thioether (sulfide) groups is 1. The number of methoxy groups -OCH3 is 2. The molecule has 0 saturated carbocycles. The highest BCUT2D eigenvalue weighted by atomic mass is 32.2. The number of aromatic hydroxyl groups is 1. The Morgan fingerprint density at radius 1 is 0.848 bits per heavy atom. The van der Waals surface area contributed by atoms with Gasteiger partial charge in [-0.25, -0.2) is 0 Å². The van der Waals surface area contributed by atoms with Crippen LogP contribution in [0, 0.1) is 0 Å². The number of phenolic OH excluding ortho intramolecular Hbond substituents is 1. The molecule has 1 aliphatic rings. The van der Waals surface area contributed by atoms with Crippen LogP contribution in [-0.4, -0.2) is 36.6 Å². The summed E-state index contributed by atoms with van der Waals surface area (Å²) in [6.45, 7) is 0. The first-order chi connectivity index (χ1) is 16.1. The van der Waals surface area contributed by atoms with Crippen LogP contribution in [0.3, 0.4) is 0 Å². The zero-order valence-electron chi connectivity index (χ0n) is 18.0. The smallest absolute Gasteiger partial charge is 0.271 e. The number of carbonyl (C=O) groups is 1. The van der Waals surface area contributed by atoms with Gasteiger partial charge in [0.05, 0.1) is 31.0 Å². The van der Waals surface area contributed by atoms with Gasteiger partial charge in [0.25, 0.3) is 5.91 Å². The zero-order chi connectivity index (χ0) is 23.2. The van der Waals surface area contributed by atoms with Crippen molar-refractivity contribution in [1.82, 2.24) is 0 Å². The van der Waals surface area contributed by atoms with Crippen LogP contribution in [0.2, 0.25) is 0 Å². The third kappa shape index (κ3) is 5.24. The number of rotatable bonds is 6. The summed E-state index contributed by atoms with van der Waals surface area (Å²) in [5.74, 6) is 1.38. The lowest BCUT2D eigenvalue weighted by molar-refractivity contribution is -0.113. The normalized spacial score (nSPS) is 16.2. The molecule has 1 N–H and O–H groups in total. The minimum Gasteiger partial charge on any atom is -0.508 e. The topological polar surface area (TPSA) is 83.7 Å².